The van der Waals surface area contributed by atoms with Gasteiger partial charge < -0.3 is 30.2 Å². The van der Waals surface area contributed by atoms with Crippen LogP contribution >= 0.6 is 0 Å². The predicted octanol–water partition coefficient (Wildman–Crippen LogP) is 4.57. The number of nitrogens with zero attached hydrogens (tertiary/aromatic N) is 4. The Labute approximate surface area is 228 Å². The zero-order chi connectivity index (χ0) is 28.9. The largest absolute Gasteiger partial charge is 0.418 e. The highest BCUT2D eigenvalue weighted by Gasteiger charge is 2.28. The molecule has 0 aliphatic heterocycles. The Hall–Kier alpha value is -3.62. The summed E-state index contributed by atoms with van der Waals surface area (Å²) in [7, 11) is 0. The van der Waals surface area contributed by atoms with E-state index in [0.717, 1.165) is 18.4 Å². The van der Waals surface area contributed by atoms with E-state index < -0.39 is 40.8 Å². The van der Waals surface area contributed by atoms with Crippen molar-refractivity contribution in [3.63, 3.8) is 0 Å². The van der Waals surface area contributed by atoms with Crippen LogP contribution in [0, 0.1) is 29.1 Å². The van der Waals surface area contributed by atoms with E-state index in [9.17, 15) is 22.0 Å². The number of halogens is 5. The second-order valence-corrected chi connectivity index (χ2v) is 8.44. The van der Waals surface area contributed by atoms with Crippen molar-refractivity contribution in [3.05, 3.63) is 65.0 Å². The van der Waals surface area contributed by atoms with Gasteiger partial charge in [0.05, 0.1) is 26.4 Å². The normalized spacial score (nSPS) is 11.1. The fraction of sp³-hybridized carbons (Fsp3) is 0.423. The first-order valence-electron chi connectivity index (χ1n) is 12.7. The van der Waals surface area contributed by atoms with Crippen molar-refractivity contribution in [2.24, 2.45) is 5.73 Å². The number of nitrogens with one attached hydrogen (secondary N) is 1. The van der Waals surface area contributed by atoms with Crippen LogP contribution in [0.1, 0.15) is 25.3 Å². The van der Waals surface area contributed by atoms with Crippen molar-refractivity contribution in [3.8, 4) is 11.8 Å². The van der Waals surface area contributed by atoms with Gasteiger partial charge in [0.15, 0.2) is 0 Å². The summed E-state index contributed by atoms with van der Waals surface area (Å²) in [5.74, 6) is -12.4. The lowest BCUT2D eigenvalue weighted by atomic mass is 10.2. The third-order valence-electron chi connectivity index (χ3n) is 5.41. The molecule has 0 bridgehead atoms. The van der Waals surface area contributed by atoms with E-state index in [0.29, 0.717) is 39.5 Å². The summed E-state index contributed by atoms with van der Waals surface area (Å²) in [6.07, 6.45) is 1.61. The number of rotatable bonds is 17. The molecule has 0 unspecified atom stereocenters. The van der Waals surface area contributed by atoms with Gasteiger partial charge in [0.2, 0.25) is 46.7 Å². The smallest absolute Gasteiger partial charge is 0.328 e. The fourth-order valence-corrected chi connectivity index (χ4v) is 3.42. The summed E-state index contributed by atoms with van der Waals surface area (Å²) in [5.41, 5.74) is 6.28. The summed E-state index contributed by atoms with van der Waals surface area (Å²) >= 11 is 0. The first kappa shape index (κ1) is 30.9. The van der Waals surface area contributed by atoms with Crippen LogP contribution in [-0.2, 0) is 16.0 Å². The standard InChI is InChI=1S/C26H31F5N6O3/c1-2-3-11-37(16-17-7-5-4-6-8-17)25-34-24(33-10-13-39-15-14-38-12-9-32)35-26(36-25)40-23-21(30)19(28)18(27)20(29)22(23)31/h4-8H,2-3,9-16,32H2,1H3,(H,33,34,35,36). The van der Waals surface area contributed by atoms with Crippen LogP contribution in [0.25, 0.3) is 0 Å². The number of ether oxygens (including phenoxy) is 3. The number of anilines is 2. The number of aromatic nitrogens is 3. The van der Waals surface area contributed by atoms with Crippen molar-refractivity contribution in [2.45, 2.75) is 26.3 Å². The molecule has 3 N–H and O–H groups in total. The lowest BCUT2D eigenvalue weighted by Crippen LogP contribution is -2.27. The van der Waals surface area contributed by atoms with Gasteiger partial charge in [0.1, 0.15) is 0 Å². The molecule has 40 heavy (non-hydrogen) atoms. The van der Waals surface area contributed by atoms with Gasteiger partial charge in [-0.05, 0) is 12.0 Å². The molecule has 0 saturated carbocycles. The molecule has 0 spiro atoms. The van der Waals surface area contributed by atoms with Crippen LogP contribution in [0.3, 0.4) is 0 Å². The van der Waals surface area contributed by atoms with Gasteiger partial charge in [-0.15, -0.1) is 0 Å². The average molecular weight is 571 g/mol. The number of nitrogens with two attached hydrogens (primary N) is 1. The summed E-state index contributed by atoms with van der Waals surface area (Å²) in [6.45, 7) is 4.82. The number of benzene rings is 2. The minimum Gasteiger partial charge on any atom is -0.418 e. The monoisotopic (exact) mass is 570 g/mol. The van der Waals surface area contributed by atoms with E-state index >= 15 is 0 Å². The molecule has 0 amide bonds. The first-order valence-corrected chi connectivity index (χ1v) is 12.7. The third kappa shape index (κ3) is 8.69. The van der Waals surface area contributed by atoms with Crippen molar-refractivity contribution in [2.75, 3.05) is 56.3 Å². The van der Waals surface area contributed by atoms with E-state index in [1.165, 1.54) is 0 Å². The molecule has 1 aromatic heterocycles. The van der Waals surface area contributed by atoms with E-state index in [-0.39, 0.29) is 25.0 Å². The highest BCUT2D eigenvalue weighted by Crippen LogP contribution is 2.32. The van der Waals surface area contributed by atoms with Gasteiger partial charge >= 0.3 is 6.01 Å². The highest BCUT2D eigenvalue weighted by molar-refractivity contribution is 5.41. The Kier molecular flexibility index (Phi) is 12.2. The van der Waals surface area contributed by atoms with Gasteiger partial charge in [0, 0.05) is 26.2 Å². The highest BCUT2D eigenvalue weighted by atomic mass is 19.2. The quantitative estimate of drug-likeness (QED) is 0.104. The molecule has 9 nitrogen and oxygen atoms in total. The topological polar surface area (TPSA) is 108 Å². The first-order chi connectivity index (χ1) is 19.3. The Bertz CT molecular complexity index is 1200. The van der Waals surface area contributed by atoms with Crippen LogP contribution in [0.4, 0.5) is 33.8 Å². The van der Waals surface area contributed by atoms with Crippen molar-refractivity contribution in [1.82, 2.24) is 15.0 Å². The van der Waals surface area contributed by atoms with Gasteiger partial charge in [0.25, 0.3) is 0 Å². The second-order valence-electron chi connectivity index (χ2n) is 8.44. The van der Waals surface area contributed by atoms with Gasteiger partial charge in [-0.3, -0.25) is 0 Å². The molecule has 1 heterocycles. The molecule has 0 aliphatic carbocycles. The number of hydrogen-bond acceptors (Lipinski definition) is 9. The second kappa shape index (κ2) is 15.8. The molecular formula is C26H31F5N6O3. The zero-order valence-corrected chi connectivity index (χ0v) is 21.9. The molecule has 3 rings (SSSR count). The zero-order valence-electron chi connectivity index (χ0n) is 21.9. The van der Waals surface area contributed by atoms with Crippen molar-refractivity contribution in [1.29, 1.82) is 0 Å². The Morgan fingerprint density at radius 3 is 2.12 bits per heavy atom. The maximum absolute atomic E-state index is 14.3. The number of unbranched alkanes of at least 4 members (excludes halogenated alkanes) is 1. The van der Waals surface area contributed by atoms with Crippen LogP contribution in [0.15, 0.2) is 30.3 Å². The summed E-state index contributed by atoms with van der Waals surface area (Å²) in [6, 6.07) is 8.74. The predicted molar refractivity (Wildman–Crippen MR) is 138 cm³/mol. The lowest BCUT2D eigenvalue weighted by Gasteiger charge is -2.23. The maximum atomic E-state index is 14.3. The molecule has 218 valence electrons. The third-order valence-corrected chi connectivity index (χ3v) is 5.41. The van der Waals surface area contributed by atoms with E-state index in [4.69, 9.17) is 19.9 Å². The SMILES string of the molecule is CCCCN(Cc1ccccc1)c1nc(NCCOCCOCCN)nc(Oc2c(F)c(F)c(F)c(F)c2F)n1. The molecule has 0 fully saturated rings. The van der Waals surface area contributed by atoms with Crippen LogP contribution in [0.5, 0.6) is 11.8 Å². The molecule has 14 heteroatoms. The molecule has 2 aromatic carbocycles. The van der Waals surface area contributed by atoms with E-state index in [1.807, 2.05) is 37.3 Å². The summed E-state index contributed by atoms with van der Waals surface area (Å²) < 4.78 is 85.4. The minimum atomic E-state index is -2.30. The Morgan fingerprint density at radius 1 is 0.825 bits per heavy atom. The number of hydrogen-bond donors (Lipinski definition) is 2. The molecule has 0 aliphatic rings. The van der Waals surface area contributed by atoms with Gasteiger partial charge in [-0.25, -0.2) is 13.2 Å². The minimum absolute atomic E-state index is 0.0542. The van der Waals surface area contributed by atoms with Gasteiger partial charge in [-0.2, -0.15) is 23.7 Å². The van der Waals surface area contributed by atoms with Crippen molar-refractivity contribution < 1.29 is 36.2 Å². The summed E-state index contributed by atoms with van der Waals surface area (Å²) in [5, 5.41) is 2.90. The van der Waals surface area contributed by atoms with Crippen LogP contribution in [0.2, 0.25) is 0 Å². The Morgan fingerprint density at radius 2 is 1.48 bits per heavy atom. The van der Waals surface area contributed by atoms with Crippen LogP contribution in [-0.4, -0.2) is 61.0 Å². The molecule has 0 radical (unpaired) electrons. The molecule has 3 aromatic rings. The van der Waals surface area contributed by atoms with E-state index in [1.54, 1.807) is 4.90 Å². The van der Waals surface area contributed by atoms with Crippen LogP contribution < -0.4 is 20.7 Å². The summed E-state index contributed by atoms with van der Waals surface area (Å²) in [4.78, 5) is 14.3. The maximum Gasteiger partial charge on any atom is 0.328 e. The molecular weight excluding hydrogens is 539 g/mol. The lowest BCUT2D eigenvalue weighted by molar-refractivity contribution is 0.0547. The van der Waals surface area contributed by atoms with Gasteiger partial charge in [-0.1, -0.05) is 43.7 Å². The van der Waals surface area contributed by atoms with E-state index in [2.05, 4.69) is 20.3 Å². The molecule has 0 atom stereocenters. The fourth-order valence-electron chi connectivity index (χ4n) is 3.42. The average Bonchev–Trinajstić information content (AvgIpc) is 2.97. The van der Waals surface area contributed by atoms with Crippen molar-refractivity contribution >= 4 is 11.9 Å². The molecule has 0 saturated heterocycles. The Balaban J connectivity index is 1.88.